The second-order valence-corrected chi connectivity index (χ2v) is 3.66. The summed E-state index contributed by atoms with van der Waals surface area (Å²) in [6.07, 6.45) is -10.9. The number of hydrogen-bond acceptors (Lipinski definition) is 1. The Morgan fingerprint density at radius 3 is 2.00 bits per heavy atom. The number of halogens is 7. The van der Waals surface area contributed by atoms with Gasteiger partial charge in [-0.25, -0.2) is 4.39 Å². The Morgan fingerprint density at radius 2 is 1.61 bits per heavy atom. The standard InChI is InChI=1S/C10H8F7N/c11-7-3-5(10(15,16)17)1-2-6(7)8(18)4-9(12,13)14/h1-3,8H,4,18H2/t8-/m1/s1. The van der Waals surface area contributed by atoms with E-state index in [-0.39, 0.29) is 6.07 Å². The molecule has 1 atom stereocenters. The lowest BCUT2D eigenvalue weighted by atomic mass is 10.0. The van der Waals surface area contributed by atoms with Crippen LogP contribution in [0.15, 0.2) is 18.2 Å². The Morgan fingerprint density at radius 1 is 1.06 bits per heavy atom. The van der Waals surface area contributed by atoms with Crippen LogP contribution in [0.2, 0.25) is 0 Å². The van der Waals surface area contributed by atoms with Gasteiger partial charge in [0.1, 0.15) is 5.82 Å². The highest BCUT2D eigenvalue weighted by atomic mass is 19.4. The summed E-state index contributed by atoms with van der Waals surface area (Å²) in [6.45, 7) is 0. The van der Waals surface area contributed by atoms with Gasteiger partial charge in [0, 0.05) is 11.6 Å². The third kappa shape index (κ3) is 3.86. The van der Waals surface area contributed by atoms with Gasteiger partial charge in [0.2, 0.25) is 0 Å². The Kier molecular flexibility index (Phi) is 3.89. The molecule has 1 rings (SSSR count). The summed E-state index contributed by atoms with van der Waals surface area (Å²) in [4.78, 5) is 0. The van der Waals surface area contributed by atoms with E-state index in [0.29, 0.717) is 12.1 Å². The Hall–Kier alpha value is -1.31. The van der Waals surface area contributed by atoms with Gasteiger partial charge in [-0.15, -0.1) is 0 Å². The normalized spacial score (nSPS) is 14.7. The fourth-order valence-corrected chi connectivity index (χ4v) is 1.36. The lowest BCUT2D eigenvalue weighted by molar-refractivity contribution is -0.139. The minimum absolute atomic E-state index is 0.131. The van der Waals surface area contributed by atoms with Crippen molar-refractivity contribution in [3.63, 3.8) is 0 Å². The van der Waals surface area contributed by atoms with Crippen LogP contribution >= 0.6 is 0 Å². The molecule has 0 unspecified atom stereocenters. The summed E-state index contributed by atoms with van der Waals surface area (Å²) in [5.41, 5.74) is 3.23. The fraction of sp³-hybridized carbons (Fsp3) is 0.400. The molecule has 0 radical (unpaired) electrons. The monoisotopic (exact) mass is 275 g/mol. The predicted octanol–water partition coefficient (Wildman–Crippen LogP) is 3.80. The second kappa shape index (κ2) is 4.75. The highest BCUT2D eigenvalue weighted by Crippen LogP contribution is 2.33. The molecule has 0 saturated heterocycles. The van der Waals surface area contributed by atoms with Crippen molar-refractivity contribution in [1.82, 2.24) is 0 Å². The minimum atomic E-state index is -4.76. The van der Waals surface area contributed by atoms with Gasteiger partial charge < -0.3 is 5.73 Å². The third-order valence-corrected chi connectivity index (χ3v) is 2.18. The molecule has 1 aromatic carbocycles. The summed E-state index contributed by atoms with van der Waals surface area (Å²) in [6, 6.07) is -0.485. The molecule has 0 aliphatic heterocycles. The first kappa shape index (κ1) is 14.7. The summed E-state index contributed by atoms with van der Waals surface area (Å²) in [5.74, 6) is -1.40. The van der Waals surface area contributed by atoms with Crippen molar-refractivity contribution < 1.29 is 30.7 Å². The maximum atomic E-state index is 13.3. The van der Waals surface area contributed by atoms with E-state index in [2.05, 4.69) is 0 Å². The smallest absolute Gasteiger partial charge is 0.324 e. The number of rotatable bonds is 2. The van der Waals surface area contributed by atoms with Gasteiger partial charge in [-0.2, -0.15) is 26.3 Å². The van der Waals surface area contributed by atoms with Crippen LogP contribution in [0.3, 0.4) is 0 Å². The van der Waals surface area contributed by atoms with Crippen molar-refractivity contribution in [2.45, 2.75) is 24.8 Å². The Balaban J connectivity index is 2.99. The minimum Gasteiger partial charge on any atom is -0.324 e. The van der Waals surface area contributed by atoms with Crippen molar-refractivity contribution in [2.75, 3.05) is 0 Å². The SMILES string of the molecule is N[C@H](CC(F)(F)F)c1ccc(C(F)(F)F)cc1F. The van der Waals surface area contributed by atoms with Crippen molar-refractivity contribution in [3.05, 3.63) is 35.1 Å². The molecular weight excluding hydrogens is 267 g/mol. The van der Waals surface area contributed by atoms with Crippen molar-refractivity contribution in [1.29, 1.82) is 0 Å². The number of alkyl halides is 6. The fourth-order valence-electron chi connectivity index (χ4n) is 1.36. The lowest BCUT2D eigenvalue weighted by Gasteiger charge is -2.16. The Labute approximate surface area is 97.4 Å². The van der Waals surface area contributed by atoms with Crippen LogP contribution in [-0.2, 0) is 6.18 Å². The second-order valence-electron chi connectivity index (χ2n) is 3.66. The van der Waals surface area contributed by atoms with Crippen LogP contribution in [0, 0.1) is 5.82 Å². The summed E-state index contributed by atoms with van der Waals surface area (Å²) in [7, 11) is 0. The van der Waals surface area contributed by atoms with Crippen LogP contribution in [0.25, 0.3) is 0 Å². The van der Waals surface area contributed by atoms with Crippen molar-refractivity contribution in [3.8, 4) is 0 Å². The molecular formula is C10H8F7N. The highest BCUT2D eigenvalue weighted by Gasteiger charge is 2.34. The van der Waals surface area contributed by atoms with E-state index in [1.54, 1.807) is 0 Å². The van der Waals surface area contributed by atoms with E-state index >= 15 is 0 Å². The van der Waals surface area contributed by atoms with Gasteiger partial charge in [0.05, 0.1) is 12.0 Å². The topological polar surface area (TPSA) is 26.0 Å². The molecule has 8 heteroatoms. The zero-order chi connectivity index (χ0) is 14.1. The molecule has 18 heavy (non-hydrogen) atoms. The molecule has 0 fully saturated rings. The van der Waals surface area contributed by atoms with E-state index in [4.69, 9.17) is 5.73 Å². The number of hydrogen-bond donors (Lipinski definition) is 1. The van der Waals surface area contributed by atoms with E-state index in [0.717, 1.165) is 0 Å². The summed E-state index contributed by atoms with van der Waals surface area (Å²) in [5, 5.41) is 0. The van der Waals surface area contributed by atoms with Crippen LogP contribution in [0.5, 0.6) is 0 Å². The van der Waals surface area contributed by atoms with Crippen LogP contribution in [0.1, 0.15) is 23.6 Å². The quantitative estimate of drug-likeness (QED) is 0.816. The zero-order valence-corrected chi connectivity index (χ0v) is 8.74. The average molecular weight is 275 g/mol. The third-order valence-electron chi connectivity index (χ3n) is 2.18. The molecule has 0 spiro atoms. The molecule has 102 valence electrons. The molecule has 0 bridgehead atoms. The molecule has 0 saturated carbocycles. The van der Waals surface area contributed by atoms with E-state index < -0.39 is 41.8 Å². The van der Waals surface area contributed by atoms with Gasteiger partial charge in [-0.3, -0.25) is 0 Å². The average Bonchev–Trinajstić information content (AvgIpc) is 2.12. The van der Waals surface area contributed by atoms with Crippen LogP contribution in [0.4, 0.5) is 30.7 Å². The van der Waals surface area contributed by atoms with Gasteiger partial charge in [0.25, 0.3) is 0 Å². The molecule has 2 N–H and O–H groups in total. The van der Waals surface area contributed by atoms with Gasteiger partial charge in [-0.05, 0) is 12.1 Å². The molecule has 1 aromatic rings. The predicted molar refractivity (Wildman–Crippen MR) is 49.0 cm³/mol. The van der Waals surface area contributed by atoms with Gasteiger partial charge in [-0.1, -0.05) is 6.07 Å². The van der Waals surface area contributed by atoms with Crippen molar-refractivity contribution >= 4 is 0 Å². The summed E-state index contributed by atoms with van der Waals surface area (Å²) < 4.78 is 85.9. The molecule has 0 aliphatic rings. The lowest BCUT2D eigenvalue weighted by Crippen LogP contribution is -2.21. The van der Waals surface area contributed by atoms with Gasteiger partial charge >= 0.3 is 12.4 Å². The zero-order valence-electron chi connectivity index (χ0n) is 8.74. The molecule has 0 amide bonds. The Bertz CT molecular complexity index is 421. The maximum Gasteiger partial charge on any atom is 0.416 e. The number of nitrogens with two attached hydrogens (primary N) is 1. The summed E-state index contributed by atoms with van der Waals surface area (Å²) >= 11 is 0. The number of benzene rings is 1. The van der Waals surface area contributed by atoms with Crippen LogP contribution in [-0.4, -0.2) is 6.18 Å². The first-order chi connectivity index (χ1) is 8.00. The van der Waals surface area contributed by atoms with Crippen molar-refractivity contribution in [2.24, 2.45) is 5.73 Å². The highest BCUT2D eigenvalue weighted by molar-refractivity contribution is 5.28. The largest absolute Gasteiger partial charge is 0.416 e. The molecule has 0 aliphatic carbocycles. The van der Waals surface area contributed by atoms with Gasteiger partial charge in [0.15, 0.2) is 0 Å². The molecule has 0 heterocycles. The van der Waals surface area contributed by atoms with Crippen LogP contribution < -0.4 is 5.73 Å². The molecule has 1 nitrogen and oxygen atoms in total. The first-order valence-corrected chi connectivity index (χ1v) is 4.69. The van der Waals surface area contributed by atoms with E-state index in [9.17, 15) is 30.7 Å². The maximum absolute atomic E-state index is 13.3. The van der Waals surface area contributed by atoms with E-state index in [1.165, 1.54) is 0 Å². The van der Waals surface area contributed by atoms with E-state index in [1.807, 2.05) is 0 Å². The first-order valence-electron chi connectivity index (χ1n) is 4.69. The molecule has 0 aromatic heterocycles.